The summed E-state index contributed by atoms with van der Waals surface area (Å²) in [6.45, 7) is 8.17. The first-order valence-corrected chi connectivity index (χ1v) is 12.8. The highest BCUT2D eigenvalue weighted by Crippen LogP contribution is 2.26. The maximum atomic E-state index is 13.1. The van der Waals surface area contributed by atoms with Crippen LogP contribution in [0.15, 0.2) is 72.9 Å². The topological polar surface area (TPSA) is 76.9 Å². The van der Waals surface area contributed by atoms with E-state index in [0.717, 1.165) is 22.6 Å². The van der Waals surface area contributed by atoms with Gasteiger partial charge in [0.25, 0.3) is 5.91 Å². The highest BCUT2D eigenvalue weighted by molar-refractivity contribution is 6.30. The van der Waals surface area contributed by atoms with Gasteiger partial charge in [-0.1, -0.05) is 51.4 Å². The largest absolute Gasteiger partial charge is 0.307 e. The van der Waals surface area contributed by atoms with E-state index >= 15 is 0 Å². The summed E-state index contributed by atoms with van der Waals surface area (Å²) in [5.41, 5.74) is 3.67. The summed E-state index contributed by atoms with van der Waals surface area (Å²) < 4.78 is 15.0. The molecule has 4 aromatic rings. The van der Waals surface area contributed by atoms with Crippen LogP contribution in [0.5, 0.6) is 0 Å². The number of amides is 1. The monoisotopic (exact) mass is 532 g/mol. The van der Waals surface area contributed by atoms with Gasteiger partial charge in [-0.25, -0.2) is 14.1 Å². The number of carbonyl (C=O) groups excluding carboxylic acids is 2. The van der Waals surface area contributed by atoms with Crippen molar-refractivity contribution in [2.45, 2.75) is 51.9 Å². The molecule has 1 unspecified atom stereocenters. The number of pyridine rings is 1. The molecule has 0 radical (unpaired) electrons. The first kappa shape index (κ1) is 27.2. The summed E-state index contributed by atoms with van der Waals surface area (Å²) in [4.78, 5) is 29.8. The third kappa shape index (κ3) is 6.53. The molecule has 0 aliphatic heterocycles. The minimum Gasteiger partial charge on any atom is -0.307 e. The summed E-state index contributed by atoms with van der Waals surface area (Å²) in [6, 6.07) is 18.3. The number of benzene rings is 2. The third-order valence-corrected chi connectivity index (χ3v) is 6.58. The lowest BCUT2D eigenvalue weighted by Gasteiger charge is -2.14. The van der Waals surface area contributed by atoms with E-state index in [0.29, 0.717) is 29.2 Å². The number of hydrogen-bond acceptors (Lipinski definition) is 4. The number of carbonyl (C=O) groups is 2. The minimum atomic E-state index is -0.411. The van der Waals surface area contributed by atoms with Crippen LogP contribution in [0.1, 0.15) is 67.3 Å². The highest BCUT2D eigenvalue weighted by atomic mass is 35.5. The van der Waals surface area contributed by atoms with Gasteiger partial charge >= 0.3 is 0 Å². The van der Waals surface area contributed by atoms with E-state index in [-0.39, 0.29) is 23.0 Å². The summed E-state index contributed by atoms with van der Waals surface area (Å²) in [5, 5.41) is 8.12. The number of aryl methyl sites for hydroxylation is 1. The van der Waals surface area contributed by atoms with E-state index in [1.54, 1.807) is 18.3 Å². The number of aromatic nitrogens is 3. The van der Waals surface area contributed by atoms with E-state index < -0.39 is 5.82 Å². The Morgan fingerprint density at radius 1 is 1.05 bits per heavy atom. The Bertz CT molecular complexity index is 1440. The lowest BCUT2D eigenvalue weighted by molar-refractivity contribution is -0.120. The van der Waals surface area contributed by atoms with E-state index in [1.165, 1.54) is 24.3 Å². The Morgan fingerprint density at radius 3 is 2.42 bits per heavy atom. The number of rotatable bonds is 8. The van der Waals surface area contributed by atoms with Gasteiger partial charge in [0.1, 0.15) is 17.4 Å². The molecule has 0 fully saturated rings. The number of ketones is 1. The zero-order chi connectivity index (χ0) is 27.4. The Morgan fingerprint density at radius 2 is 1.79 bits per heavy atom. The van der Waals surface area contributed by atoms with Crippen LogP contribution in [0.25, 0.3) is 5.69 Å². The molecule has 0 saturated carbocycles. The minimum absolute atomic E-state index is 0.0750. The Labute approximate surface area is 226 Å². The van der Waals surface area contributed by atoms with E-state index in [1.807, 2.05) is 35.9 Å². The van der Waals surface area contributed by atoms with E-state index in [9.17, 15) is 14.0 Å². The molecule has 1 atom stereocenters. The van der Waals surface area contributed by atoms with Crippen molar-refractivity contribution >= 4 is 29.1 Å². The second kappa shape index (κ2) is 11.3. The van der Waals surface area contributed by atoms with Crippen LogP contribution in [0.4, 0.5) is 10.2 Å². The summed E-state index contributed by atoms with van der Waals surface area (Å²) in [7, 11) is 0. The van der Waals surface area contributed by atoms with Gasteiger partial charge in [0.05, 0.1) is 11.4 Å². The molecular weight excluding hydrogens is 503 g/mol. The van der Waals surface area contributed by atoms with Gasteiger partial charge in [-0.3, -0.25) is 9.59 Å². The average Bonchev–Trinajstić information content (AvgIpc) is 3.33. The Kier molecular flexibility index (Phi) is 8.07. The van der Waals surface area contributed by atoms with Gasteiger partial charge in [0.2, 0.25) is 0 Å². The van der Waals surface area contributed by atoms with E-state index in [2.05, 4.69) is 37.1 Å². The Hall–Kier alpha value is -3.84. The standard InChI is InChI=1S/C30H30ClFN4O2/c1-19(21-10-15-28(33-18-21)34-29(38)20-8-11-23(32)12-9-20)26(37)14-13-25-17-27(30(2,3)4)35-36(25)24-7-5-6-22(31)16-24/h5-12,15-19H,13-14H2,1-4H3,(H,33,34,38). The fourth-order valence-electron chi connectivity index (χ4n) is 3.97. The van der Waals surface area contributed by atoms with Gasteiger partial charge in [-0.2, -0.15) is 5.10 Å². The molecule has 0 bridgehead atoms. The number of Topliss-reactive ketones (excluding diaryl/α,β-unsaturated/α-hetero) is 1. The molecule has 6 nitrogen and oxygen atoms in total. The van der Waals surface area contributed by atoms with Crippen molar-refractivity contribution in [3.63, 3.8) is 0 Å². The zero-order valence-corrected chi connectivity index (χ0v) is 22.6. The van der Waals surface area contributed by atoms with Crippen LogP contribution in [-0.4, -0.2) is 26.5 Å². The highest BCUT2D eigenvalue weighted by Gasteiger charge is 2.22. The SMILES string of the molecule is CC(C(=O)CCc1cc(C(C)(C)C)nn1-c1cccc(Cl)c1)c1ccc(NC(=O)c2ccc(F)cc2)nc1. The van der Waals surface area contributed by atoms with Crippen LogP contribution >= 0.6 is 11.6 Å². The molecule has 0 saturated heterocycles. The van der Waals surface area contributed by atoms with Crippen molar-refractivity contribution in [2.24, 2.45) is 0 Å². The van der Waals surface area contributed by atoms with Gasteiger partial charge in [0, 0.05) is 40.2 Å². The van der Waals surface area contributed by atoms with Crippen molar-refractivity contribution in [2.75, 3.05) is 5.32 Å². The molecule has 38 heavy (non-hydrogen) atoms. The normalized spacial score (nSPS) is 12.3. The van der Waals surface area contributed by atoms with Gasteiger partial charge < -0.3 is 5.32 Å². The van der Waals surface area contributed by atoms with Crippen molar-refractivity contribution in [1.29, 1.82) is 0 Å². The first-order chi connectivity index (χ1) is 18.0. The van der Waals surface area contributed by atoms with Crippen LogP contribution in [0.2, 0.25) is 5.02 Å². The molecule has 2 aromatic carbocycles. The first-order valence-electron chi connectivity index (χ1n) is 12.4. The number of nitrogens with zero attached hydrogens (tertiary/aromatic N) is 3. The second-order valence-electron chi connectivity index (χ2n) is 10.3. The zero-order valence-electron chi connectivity index (χ0n) is 21.8. The number of halogens is 2. The average molecular weight is 533 g/mol. The molecule has 0 aliphatic rings. The molecule has 4 rings (SSSR count). The summed E-state index contributed by atoms with van der Waals surface area (Å²) >= 11 is 6.22. The van der Waals surface area contributed by atoms with E-state index in [4.69, 9.17) is 16.7 Å². The lowest BCUT2D eigenvalue weighted by atomic mass is 9.91. The maximum absolute atomic E-state index is 13.1. The van der Waals surface area contributed by atoms with Crippen molar-refractivity contribution in [3.05, 3.63) is 106 Å². The number of hydrogen-bond donors (Lipinski definition) is 1. The van der Waals surface area contributed by atoms with Crippen LogP contribution in [0, 0.1) is 5.82 Å². The lowest BCUT2D eigenvalue weighted by Crippen LogP contribution is -2.14. The van der Waals surface area contributed by atoms with Gasteiger partial charge in [0.15, 0.2) is 0 Å². The number of anilines is 1. The van der Waals surface area contributed by atoms with Gasteiger partial charge in [-0.15, -0.1) is 0 Å². The number of nitrogens with one attached hydrogen (secondary N) is 1. The molecular formula is C30H30ClFN4O2. The van der Waals surface area contributed by atoms with Crippen LogP contribution in [0.3, 0.4) is 0 Å². The smallest absolute Gasteiger partial charge is 0.256 e. The molecule has 1 amide bonds. The third-order valence-electron chi connectivity index (χ3n) is 6.35. The second-order valence-corrected chi connectivity index (χ2v) is 10.7. The predicted octanol–water partition coefficient (Wildman–Crippen LogP) is 6.92. The van der Waals surface area contributed by atoms with Gasteiger partial charge in [-0.05, 0) is 66.6 Å². The summed E-state index contributed by atoms with van der Waals surface area (Å²) in [5.74, 6) is -0.741. The Balaban J connectivity index is 1.43. The molecule has 0 aliphatic carbocycles. The molecule has 8 heteroatoms. The van der Waals surface area contributed by atoms with Crippen molar-refractivity contribution < 1.29 is 14.0 Å². The van der Waals surface area contributed by atoms with Crippen LogP contribution < -0.4 is 5.32 Å². The summed E-state index contributed by atoms with van der Waals surface area (Å²) in [6.07, 6.45) is 2.45. The van der Waals surface area contributed by atoms with Crippen molar-refractivity contribution in [1.82, 2.24) is 14.8 Å². The predicted molar refractivity (Wildman–Crippen MR) is 148 cm³/mol. The molecule has 2 aromatic heterocycles. The maximum Gasteiger partial charge on any atom is 0.256 e. The molecule has 0 spiro atoms. The fraction of sp³-hybridized carbons (Fsp3) is 0.267. The van der Waals surface area contributed by atoms with Crippen molar-refractivity contribution in [3.8, 4) is 5.69 Å². The molecule has 196 valence electrons. The quantitative estimate of drug-likeness (QED) is 0.267. The molecule has 1 N–H and O–H groups in total. The molecule has 2 heterocycles. The van der Waals surface area contributed by atoms with Crippen LogP contribution in [-0.2, 0) is 16.6 Å². The fourth-order valence-corrected chi connectivity index (χ4v) is 4.16.